The molecule has 0 aliphatic carbocycles. The summed E-state index contributed by atoms with van der Waals surface area (Å²) in [7, 11) is -3.21. The molecular weight excluding hydrogens is 323 g/mol. The fraction of sp³-hybridized carbons (Fsp3) is 0.333. The van der Waals surface area contributed by atoms with Crippen molar-refractivity contribution in [3.8, 4) is 17.2 Å². The minimum atomic E-state index is -3.21. The summed E-state index contributed by atoms with van der Waals surface area (Å²) in [6.45, 7) is 3.52. The number of aliphatic hydroxyl groups excluding tert-OH is 1. The van der Waals surface area contributed by atoms with Gasteiger partial charge in [0.05, 0.1) is 6.10 Å². The molecule has 2 unspecified atom stereocenters. The number of hydrogen-bond donors (Lipinski definition) is 3. The van der Waals surface area contributed by atoms with E-state index in [1.54, 1.807) is 38.1 Å². The highest BCUT2D eigenvalue weighted by Gasteiger charge is 2.39. The van der Waals surface area contributed by atoms with Gasteiger partial charge in [-0.15, -0.1) is 4.67 Å². The van der Waals surface area contributed by atoms with Crippen molar-refractivity contribution < 1.29 is 34.0 Å². The first-order valence-electron chi connectivity index (χ1n) is 7.02. The van der Waals surface area contributed by atoms with Crippen LogP contribution >= 0.6 is 8.25 Å². The van der Waals surface area contributed by atoms with Gasteiger partial charge in [0.25, 0.3) is 0 Å². The van der Waals surface area contributed by atoms with Crippen LogP contribution in [0.2, 0.25) is 0 Å². The van der Waals surface area contributed by atoms with Crippen LogP contribution in [0.15, 0.2) is 24.3 Å². The van der Waals surface area contributed by atoms with Crippen molar-refractivity contribution in [2.75, 3.05) is 0 Å². The Labute approximate surface area is 132 Å². The van der Waals surface area contributed by atoms with Crippen molar-refractivity contribution in [1.82, 2.24) is 0 Å². The summed E-state index contributed by atoms with van der Waals surface area (Å²) >= 11 is 0. The van der Waals surface area contributed by atoms with E-state index in [4.69, 9.17) is 14.5 Å². The molecule has 2 aromatic rings. The van der Waals surface area contributed by atoms with Gasteiger partial charge in [-0.25, -0.2) is 9.82 Å². The molecule has 2 atom stereocenters. The first-order chi connectivity index (χ1) is 10.8. The van der Waals surface area contributed by atoms with E-state index < -0.39 is 20.0 Å². The minimum absolute atomic E-state index is 0.0761. The molecule has 0 bridgehead atoms. The lowest BCUT2D eigenvalue weighted by Gasteiger charge is -2.38. The van der Waals surface area contributed by atoms with Crippen LogP contribution in [0.25, 0.3) is 10.8 Å². The molecule has 0 fully saturated rings. The molecule has 1 aliphatic rings. The van der Waals surface area contributed by atoms with Crippen molar-refractivity contribution >= 4 is 19.0 Å². The van der Waals surface area contributed by atoms with Crippen LogP contribution in [0.3, 0.4) is 0 Å². The molecule has 0 radical (unpaired) electrons. The van der Waals surface area contributed by atoms with E-state index in [1.807, 2.05) is 0 Å². The van der Waals surface area contributed by atoms with E-state index in [-0.39, 0.29) is 17.9 Å². The number of benzene rings is 2. The fourth-order valence-corrected chi connectivity index (χ4v) is 3.11. The van der Waals surface area contributed by atoms with Gasteiger partial charge in [-0.2, -0.15) is 0 Å². The van der Waals surface area contributed by atoms with Gasteiger partial charge in [-0.3, -0.25) is 0 Å². The van der Waals surface area contributed by atoms with E-state index in [9.17, 15) is 14.8 Å². The molecule has 0 saturated heterocycles. The Balaban J connectivity index is 2.28. The van der Waals surface area contributed by atoms with Gasteiger partial charge in [0.1, 0.15) is 11.4 Å². The lowest BCUT2D eigenvalue weighted by molar-refractivity contribution is -0.137. The van der Waals surface area contributed by atoms with Crippen molar-refractivity contribution in [2.45, 2.75) is 32.0 Å². The monoisotopic (exact) mass is 340 g/mol. The number of fused-ring (bicyclic) bond motifs is 3. The lowest BCUT2D eigenvalue weighted by Crippen LogP contribution is -2.46. The van der Waals surface area contributed by atoms with Crippen LogP contribution in [0.1, 0.15) is 19.4 Å². The molecule has 0 saturated carbocycles. The number of phenols is 1. The summed E-state index contributed by atoms with van der Waals surface area (Å²) in [5.41, 5.74) is -0.454. The quantitative estimate of drug-likeness (QED) is 0.448. The van der Waals surface area contributed by atoms with Crippen molar-refractivity contribution in [3.63, 3.8) is 0 Å². The third-order valence-corrected chi connectivity index (χ3v) is 4.54. The average Bonchev–Trinajstić information content (AvgIpc) is 2.53. The fourth-order valence-electron chi connectivity index (χ4n) is 2.70. The smallest absolute Gasteiger partial charge is 0.394 e. The van der Waals surface area contributed by atoms with Crippen LogP contribution in [0, 0.1) is 0 Å². The number of hydrogen-bond acceptors (Lipinski definition) is 7. The standard InChI is InChI=1S/C15H17O7P/c1-15(2)11(16)7-10-12(17)14(21-23(19)22-18)9-6-4-3-5-8(9)13(10)20-15/h3-6,11,16-18,23H,7H2,1-2H3. The van der Waals surface area contributed by atoms with Crippen LogP contribution < -0.4 is 9.26 Å². The van der Waals surface area contributed by atoms with Crippen LogP contribution in [-0.2, 0) is 15.7 Å². The van der Waals surface area contributed by atoms with E-state index in [2.05, 4.69) is 4.67 Å². The maximum Gasteiger partial charge on any atom is 0.394 e. The number of rotatable bonds is 3. The predicted molar refractivity (Wildman–Crippen MR) is 83.4 cm³/mol. The Hall–Kier alpha value is -1.79. The number of aromatic hydroxyl groups is 1. The summed E-state index contributed by atoms with van der Waals surface area (Å²) < 4.78 is 26.0. The van der Waals surface area contributed by atoms with Crippen molar-refractivity contribution in [1.29, 1.82) is 0 Å². The molecule has 0 amide bonds. The molecular formula is C15H17O7P. The van der Waals surface area contributed by atoms with E-state index in [1.165, 1.54) is 0 Å². The van der Waals surface area contributed by atoms with E-state index in [0.29, 0.717) is 22.1 Å². The zero-order valence-electron chi connectivity index (χ0n) is 12.6. The molecule has 3 rings (SSSR count). The Bertz CT molecular complexity index is 787. The molecule has 1 heterocycles. The van der Waals surface area contributed by atoms with Crippen molar-refractivity contribution in [3.05, 3.63) is 29.8 Å². The number of aliphatic hydroxyl groups is 1. The highest BCUT2D eigenvalue weighted by molar-refractivity contribution is 7.33. The molecule has 1 aliphatic heterocycles. The lowest BCUT2D eigenvalue weighted by atomic mass is 9.88. The van der Waals surface area contributed by atoms with Gasteiger partial charge >= 0.3 is 8.25 Å². The maximum absolute atomic E-state index is 11.4. The largest absolute Gasteiger partial charge is 0.504 e. The normalized spacial score (nSPS) is 20.6. The zero-order chi connectivity index (χ0) is 16.8. The summed E-state index contributed by atoms with van der Waals surface area (Å²) in [6, 6.07) is 6.95. The summed E-state index contributed by atoms with van der Waals surface area (Å²) in [4.78, 5) is 0. The summed E-state index contributed by atoms with van der Waals surface area (Å²) in [5, 5.41) is 30.3. The SMILES string of the molecule is CC1(C)Oc2c(c(O)c(O[PH](=O)OO)c3ccccc23)CC1O. The summed E-state index contributed by atoms with van der Waals surface area (Å²) in [6.07, 6.45) is -0.683. The van der Waals surface area contributed by atoms with Gasteiger partial charge < -0.3 is 19.5 Å². The molecule has 124 valence electrons. The molecule has 3 N–H and O–H groups in total. The van der Waals surface area contributed by atoms with E-state index in [0.717, 1.165) is 0 Å². The van der Waals surface area contributed by atoms with Crippen LogP contribution in [0.5, 0.6) is 17.2 Å². The zero-order valence-corrected chi connectivity index (χ0v) is 13.6. The van der Waals surface area contributed by atoms with Gasteiger partial charge in [0.15, 0.2) is 11.5 Å². The van der Waals surface area contributed by atoms with Gasteiger partial charge in [0.2, 0.25) is 0 Å². The predicted octanol–water partition coefficient (Wildman–Crippen LogP) is 2.88. The number of ether oxygens (including phenoxy) is 1. The Kier molecular flexibility index (Phi) is 3.98. The summed E-state index contributed by atoms with van der Waals surface area (Å²) in [5.74, 6) is 0.0850. The first kappa shape index (κ1) is 16.1. The average molecular weight is 340 g/mol. The minimum Gasteiger partial charge on any atom is -0.504 e. The van der Waals surface area contributed by atoms with Gasteiger partial charge in [-0.05, 0) is 13.8 Å². The molecule has 8 heteroatoms. The highest BCUT2D eigenvalue weighted by atomic mass is 31.1. The van der Waals surface area contributed by atoms with Crippen molar-refractivity contribution in [2.24, 2.45) is 0 Å². The van der Waals surface area contributed by atoms with Crippen LogP contribution in [-0.4, -0.2) is 27.2 Å². The second-order valence-electron chi connectivity index (χ2n) is 5.90. The van der Waals surface area contributed by atoms with Gasteiger partial charge in [-0.1, -0.05) is 24.3 Å². The number of phenolic OH excluding ortho intramolecular Hbond substituents is 1. The van der Waals surface area contributed by atoms with E-state index >= 15 is 0 Å². The van der Waals surface area contributed by atoms with Gasteiger partial charge in [0, 0.05) is 22.8 Å². The van der Waals surface area contributed by atoms with Crippen LogP contribution in [0.4, 0.5) is 0 Å². The Morgan fingerprint density at radius 1 is 1.30 bits per heavy atom. The third kappa shape index (κ3) is 2.66. The molecule has 0 aromatic heterocycles. The second-order valence-corrected chi connectivity index (χ2v) is 6.79. The third-order valence-electron chi connectivity index (χ3n) is 4.02. The second kappa shape index (κ2) is 5.69. The molecule has 2 aromatic carbocycles. The highest BCUT2D eigenvalue weighted by Crippen LogP contribution is 2.51. The first-order valence-corrected chi connectivity index (χ1v) is 8.24. The molecule has 0 spiro atoms. The topological polar surface area (TPSA) is 105 Å². The Morgan fingerprint density at radius 3 is 2.61 bits per heavy atom. The Morgan fingerprint density at radius 2 is 1.96 bits per heavy atom. The molecule has 23 heavy (non-hydrogen) atoms. The maximum atomic E-state index is 11.4. The molecule has 7 nitrogen and oxygen atoms in total.